The molecule has 2 fully saturated rings. The molecule has 1 saturated heterocycles. The molecule has 2 nitrogen and oxygen atoms in total. The average Bonchev–Trinajstić information content (AvgIpc) is 2.33. The van der Waals surface area contributed by atoms with Crippen LogP contribution in [0.15, 0.2) is 0 Å². The zero-order valence-electron chi connectivity index (χ0n) is 10.9. The minimum Gasteiger partial charge on any atom is -0.372 e. The van der Waals surface area contributed by atoms with Crippen molar-refractivity contribution in [2.45, 2.75) is 70.4 Å². The van der Waals surface area contributed by atoms with Crippen LogP contribution in [0.1, 0.15) is 58.8 Å². The topological polar surface area (TPSA) is 21.3 Å². The van der Waals surface area contributed by atoms with Gasteiger partial charge in [-0.1, -0.05) is 39.5 Å². The lowest BCUT2D eigenvalue weighted by molar-refractivity contribution is -0.153. The van der Waals surface area contributed by atoms with Crippen molar-refractivity contribution in [2.24, 2.45) is 5.92 Å². The number of hydrogen-bond acceptors (Lipinski definition) is 2. The molecule has 1 aliphatic carbocycles. The van der Waals surface area contributed by atoms with E-state index in [9.17, 15) is 0 Å². The third kappa shape index (κ3) is 2.14. The number of rotatable bonds is 3. The van der Waals surface area contributed by atoms with Crippen LogP contribution in [0.2, 0.25) is 0 Å². The Morgan fingerprint density at radius 1 is 1.31 bits per heavy atom. The minimum absolute atomic E-state index is 0.182. The first-order valence-corrected chi connectivity index (χ1v) is 7.20. The van der Waals surface area contributed by atoms with E-state index in [0.717, 1.165) is 19.1 Å². The fourth-order valence-corrected chi connectivity index (χ4v) is 3.82. The van der Waals surface area contributed by atoms with Gasteiger partial charge < -0.3 is 10.1 Å². The van der Waals surface area contributed by atoms with E-state index in [-0.39, 0.29) is 5.60 Å². The molecule has 1 aliphatic heterocycles. The molecule has 2 rings (SSSR count). The van der Waals surface area contributed by atoms with Gasteiger partial charge in [-0.25, -0.2) is 0 Å². The van der Waals surface area contributed by atoms with Gasteiger partial charge in [-0.05, 0) is 25.2 Å². The van der Waals surface area contributed by atoms with Gasteiger partial charge in [0.15, 0.2) is 0 Å². The summed E-state index contributed by atoms with van der Waals surface area (Å²) in [6.45, 7) is 6.58. The average molecular weight is 225 g/mol. The quantitative estimate of drug-likeness (QED) is 0.797. The van der Waals surface area contributed by atoms with Gasteiger partial charge in [-0.15, -0.1) is 0 Å². The molecule has 0 aromatic heterocycles. The Bertz CT molecular complexity index is 211. The van der Waals surface area contributed by atoms with Crippen LogP contribution in [-0.4, -0.2) is 24.8 Å². The van der Waals surface area contributed by atoms with Gasteiger partial charge in [-0.3, -0.25) is 0 Å². The van der Waals surface area contributed by atoms with E-state index >= 15 is 0 Å². The highest BCUT2D eigenvalue weighted by atomic mass is 16.5. The number of nitrogens with one attached hydrogen (secondary N) is 1. The van der Waals surface area contributed by atoms with Crippen molar-refractivity contribution in [3.05, 3.63) is 0 Å². The Balaban J connectivity index is 2.15. The summed E-state index contributed by atoms with van der Waals surface area (Å²) in [6, 6.07) is 0.608. The normalized spacial score (nSPS) is 40.1. The second-order valence-electron chi connectivity index (χ2n) is 5.45. The molecule has 3 unspecified atom stereocenters. The van der Waals surface area contributed by atoms with Gasteiger partial charge in [0.2, 0.25) is 0 Å². The van der Waals surface area contributed by atoms with Crippen LogP contribution in [0.3, 0.4) is 0 Å². The molecule has 94 valence electrons. The third-order valence-corrected chi connectivity index (χ3v) is 4.58. The third-order valence-electron chi connectivity index (χ3n) is 4.58. The molecule has 3 atom stereocenters. The van der Waals surface area contributed by atoms with Crippen molar-refractivity contribution in [1.29, 1.82) is 0 Å². The summed E-state index contributed by atoms with van der Waals surface area (Å²) in [5.74, 6) is 0.783. The molecule has 2 aliphatic rings. The van der Waals surface area contributed by atoms with Crippen molar-refractivity contribution in [3.63, 3.8) is 0 Å². The van der Waals surface area contributed by atoms with Crippen molar-refractivity contribution in [1.82, 2.24) is 5.32 Å². The highest BCUT2D eigenvalue weighted by Crippen LogP contribution is 2.43. The van der Waals surface area contributed by atoms with Gasteiger partial charge in [0.05, 0.1) is 12.2 Å². The van der Waals surface area contributed by atoms with Crippen LogP contribution in [0.4, 0.5) is 0 Å². The molecule has 2 heteroatoms. The molecule has 16 heavy (non-hydrogen) atoms. The molecule has 1 spiro atoms. The van der Waals surface area contributed by atoms with E-state index in [1.165, 1.54) is 44.9 Å². The Hall–Kier alpha value is -0.0800. The minimum atomic E-state index is 0.182. The fourth-order valence-electron chi connectivity index (χ4n) is 3.82. The zero-order valence-corrected chi connectivity index (χ0v) is 10.9. The molecule has 0 aromatic carbocycles. The molecule has 0 bridgehead atoms. The van der Waals surface area contributed by atoms with Crippen LogP contribution in [0.5, 0.6) is 0 Å². The van der Waals surface area contributed by atoms with E-state index in [2.05, 4.69) is 19.2 Å². The second-order valence-corrected chi connectivity index (χ2v) is 5.45. The standard InChI is InChI=1S/C14H27NO/c1-3-7-13-14(16-11-10-15-13)9-6-5-8-12(14)4-2/h12-13,15H,3-11H2,1-2H3. The zero-order chi connectivity index (χ0) is 11.4. The monoisotopic (exact) mass is 225 g/mol. The predicted molar refractivity (Wildman–Crippen MR) is 67.6 cm³/mol. The molecule has 0 aromatic rings. The Kier molecular flexibility index (Phi) is 4.26. The lowest BCUT2D eigenvalue weighted by Crippen LogP contribution is -2.62. The van der Waals surface area contributed by atoms with Crippen LogP contribution in [0, 0.1) is 5.92 Å². The van der Waals surface area contributed by atoms with E-state index in [4.69, 9.17) is 4.74 Å². The van der Waals surface area contributed by atoms with E-state index in [0.29, 0.717) is 6.04 Å². The Morgan fingerprint density at radius 3 is 2.94 bits per heavy atom. The van der Waals surface area contributed by atoms with Crippen LogP contribution >= 0.6 is 0 Å². The van der Waals surface area contributed by atoms with Gasteiger partial charge >= 0.3 is 0 Å². The lowest BCUT2D eigenvalue weighted by Gasteiger charge is -2.51. The molecule has 1 N–H and O–H groups in total. The highest BCUT2D eigenvalue weighted by Gasteiger charge is 2.47. The lowest BCUT2D eigenvalue weighted by atomic mass is 9.68. The summed E-state index contributed by atoms with van der Waals surface area (Å²) in [7, 11) is 0. The van der Waals surface area contributed by atoms with Gasteiger partial charge in [-0.2, -0.15) is 0 Å². The van der Waals surface area contributed by atoms with Crippen molar-refractivity contribution >= 4 is 0 Å². The fraction of sp³-hybridized carbons (Fsp3) is 1.00. The first-order chi connectivity index (χ1) is 7.83. The van der Waals surface area contributed by atoms with Crippen LogP contribution < -0.4 is 5.32 Å². The van der Waals surface area contributed by atoms with Crippen molar-refractivity contribution in [2.75, 3.05) is 13.2 Å². The van der Waals surface area contributed by atoms with Gasteiger partial charge in [0, 0.05) is 12.6 Å². The van der Waals surface area contributed by atoms with Crippen molar-refractivity contribution in [3.8, 4) is 0 Å². The second kappa shape index (κ2) is 5.50. The maximum absolute atomic E-state index is 6.31. The smallest absolute Gasteiger partial charge is 0.0863 e. The van der Waals surface area contributed by atoms with Gasteiger partial charge in [0.25, 0.3) is 0 Å². The number of hydrogen-bond donors (Lipinski definition) is 1. The number of ether oxygens (including phenoxy) is 1. The number of morpholine rings is 1. The van der Waals surface area contributed by atoms with E-state index < -0.39 is 0 Å². The van der Waals surface area contributed by atoms with E-state index in [1.54, 1.807) is 0 Å². The maximum atomic E-state index is 6.31. The molecule has 1 heterocycles. The highest BCUT2D eigenvalue weighted by molar-refractivity contribution is 5.01. The van der Waals surface area contributed by atoms with E-state index in [1.807, 2.05) is 0 Å². The summed E-state index contributed by atoms with van der Waals surface area (Å²) in [5.41, 5.74) is 0.182. The van der Waals surface area contributed by atoms with Crippen LogP contribution in [-0.2, 0) is 4.74 Å². The maximum Gasteiger partial charge on any atom is 0.0863 e. The predicted octanol–water partition coefficient (Wildman–Crippen LogP) is 3.11. The summed E-state index contributed by atoms with van der Waals surface area (Å²) >= 11 is 0. The Labute approximate surface area is 100 Å². The summed E-state index contributed by atoms with van der Waals surface area (Å²) in [5, 5.41) is 3.72. The van der Waals surface area contributed by atoms with Gasteiger partial charge in [0.1, 0.15) is 0 Å². The summed E-state index contributed by atoms with van der Waals surface area (Å²) < 4.78 is 6.31. The first kappa shape index (κ1) is 12.4. The Morgan fingerprint density at radius 2 is 2.19 bits per heavy atom. The van der Waals surface area contributed by atoms with Crippen LogP contribution in [0.25, 0.3) is 0 Å². The molecule has 0 amide bonds. The molecular formula is C14H27NO. The summed E-state index contributed by atoms with van der Waals surface area (Å²) in [4.78, 5) is 0. The largest absolute Gasteiger partial charge is 0.372 e. The molecule has 1 saturated carbocycles. The summed E-state index contributed by atoms with van der Waals surface area (Å²) in [6.07, 6.45) is 9.24. The molecular weight excluding hydrogens is 198 g/mol. The first-order valence-electron chi connectivity index (χ1n) is 7.20. The van der Waals surface area contributed by atoms with Crippen molar-refractivity contribution < 1.29 is 4.74 Å². The molecule has 0 radical (unpaired) electrons. The SMILES string of the molecule is CCCC1NCCOC12CCCCC2CC.